The average molecular weight is 145 g/mol. The topological polar surface area (TPSA) is 74.6 Å². The first-order valence-electron chi connectivity index (χ1n) is 3.61. The number of aliphatic carboxylic acids is 2. The van der Waals surface area contributed by atoms with Gasteiger partial charge in [-0.2, -0.15) is 0 Å². The van der Waals surface area contributed by atoms with E-state index in [1.807, 2.05) is 0 Å². The van der Waals surface area contributed by atoms with Gasteiger partial charge in [0.25, 0.3) is 0 Å². The standard InChI is InChI=1S/C4H6O4.Na/c5-3(6)1-2-4(7)8;/h1-2H2,(H,5,6)(H,7,8);/i1D2,2D2;. The van der Waals surface area contributed by atoms with E-state index in [9.17, 15) is 9.59 Å². The summed E-state index contributed by atoms with van der Waals surface area (Å²) in [5, 5.41) is 16.3. The summed E-state index contributed by atoms with van der Waals surface area (Å²) in [5.41, 5.74) is 0. The predicted molar refractivity (Wildman–Crippen MR) is 30.3 cm³/mol. The Morgan fingerprint density at radius 2 is 1.44 bits per heavy atom. The molecule has 0 saturated heterocycles. The van der Waals surface area contributed by atoms with Gasteiger partial charge in [-0.15, -0.1) is 0 Å². The fraction of sp³-hybridized carbons (Fsp3) is 0.500. The molecule has 0 rings (SSSR count). The molecular formula is C4H6NaO4. The summed E-state index contributed by atoms with van der Waals surface area (Å²) in [7, 11) is 0. The molecule has 0 amide bonds. The molecule has 0 bridgehead atoms. The largest absolute Gasteiger partial charge is 0.481 e. The maximum Gasteiger partial charge on any atom is 0.303 e. The van der Waals surface area contributed by atoms with E-state index in [1.54, 1.807) is 0 Å². The van der Waals surface area contributed by atoms with Gasteiger partial charge in [-0.3, -0.25) is 9.59 Å². The molecule has 2 N–H and O–H groups in total. The van der Waals surface area contributed by atoms with Gasteiger partial charge in [0.15, 0.2) is 0 Å². The van der Waals surface area contributed by atoms with Crippen LogP contribution < -0.4 is 0 Å². The van der Waals surface area contributed by atoms with Gasteiger partial charge in [-0.05, 0) is 0 Å². The van der Waals surface area contributed by atoms with E-state index < -0.39 is 24.7 Å². The van der Waals surface area contributed by atoms with Crippen LogP contribution in [0.5, 0.6) is 0 Å². The van der Waals surface area contributed by atoms with Gasteiger partial charge in [0.1, 0.15) is 0 Å². The van der Waals surface area contributed by atoms with Crippen LogP contribution in [0.15, 0.2) is 0 Å². The first-order valence-corrected chi connectivity index (χ1v) is 1.61. The second-order valence-corrected chi connectivity index (χ2v) is 0.860. The van der Waals surface area contributed by atoms with E-state index in [2.05, 4.69) is 0 Å². The second-order valence-electron chi connectivity index (χ2n) is 0.860. The third-order valence-electron chi connectivity index (χ3n) is 0.276. The Labute approximate surface area is 79.8 Å². The summed E-state index contributed by atoms with van der Waals surface area (Å²) < 4.78 is 26.5. The Morgan fingerprint density at radius 3 is 1.56 bits per heavy atom. The second kappa shape index (κ2) is 6.07. The van der Waals surface area contributed by atoms with E-state index in [-0.39, 0.29) is 29.6 Å². The molecule has 0 aromatic carbocycles. The molecule has 0 fully saturated rings. The molecule has 0 aliphatic heterocycles. The summed E-state index contributed by atoms with van der Waals surface area (Å²) in [6, 6.07) is 0. The zero-order valence-corrected chi connectivity index (χ0v) is 6.71. The third kappa shape index (κ3) is 11.5. The first-order chi connectivity index (χ1) is 5.14. The zero-order chi connectivity index (χ0) is 10.2. The number of hydrogen-bond acceptors (Lipinski definition) is 2. The fourth-order valence-corrected chi connectivity index (χ4v) is 0.107. The molecule has 0 spiro atoms. The zero-order valence-electron chi connectivity index (χ0n) is 8.71. The average Bonchev–Trinajstić information content (AvgIpc) is 1.86. The molecule has 1 radical (unpaired) electrons. The Bertz CT molecular complexity index is 204. The molecular weight excluding hydrogens is 135 g/mol. The first kappa shape index (κ1) is 4.71. The third-order valence-corrected chi connectivity index (χ3v) is 0.276. The molecule has 5 heteroatoms. The van der Waals surface area contributed by atoms with Crippen LogP contribution in [0, 0.1) is 0 Å². The Morgan fingerprint density at radius 1 is 1.22 bits per heavy atom. The minimum absolute atomic E-state index is 0. The Kier molecular flexibility index (Phi) is 3.17. The molecule has 9 heavy (non-hydrogen) atoms. The van der Waals surface area contributed by atoms with Crippen LogP contribution in [0.2, 0.25) is 0 Å². The normalized spacial score (nSPS) is 17.3. The minimum atomic E-state index is -3.43. The van der Waals surface area contributed by atoms with Gasteiger partial charge in [0.2, 0.25) is 0 Å². The number of rotatable bonds is 3. The van der Waals surface area contributed by atoms with Crippen LogP contribution in [0.3, 0.4) is 0 Å². The fourth-order valence-electron chi connectivity index (χ4n) is 0.107. The van der Waals surface area contributed by atoms with E-state index in [4.69, 9.17) is 15.7 Å². The van der Waals surface area contributed by atoms with Crippen LogP contribution in [-0.2, 0) is 9.59 Å². The number of carbonyl (C=O) groups is 2. The van der Waals surface area contributed by atoms with Crippen molar-refractivity contribution in [1.29, 1.82) is 0 Å². The van der Waals surface area contributed by atoms with Gasteiger partial charge < -0.3 is 10.2 Å². The molecule has 47 valence electrons. The molecule has 0 atom stereocenters. The monoisotopic (exact) mass is 145 g/mol. The van der Waals surface area contributed by atoms with Gasteiger partial charge in [-0.1, -0.05) is 0 Å². The minimum Gasteiger partial charge on any atom is -0.481 e. The van der Waals surface area contributed by atoms with Crippen molar-refractivity contribution in [2.24, 2.45) is 0 Å². The van der Waals surface area contributed by atoms with E-state index in [0.717, 1.165) is 0 Å². The number of hydrogen-bond donors (Lipinski definition) is 2. The molecule has 0 unspecified atom stereocenters. The van der Waals surface area contributed by atoms with Crippen LogP contribution >= 0.6 is 0 Å². The summed E-state index contributed by atoms with van der Waals surface area (Å²) in [6.45, 7) is 0. The van der Waals surface area contributed by atoms with Crippen LogP contribution in [0.4, 0.5) is 0 Å². The van der Waals surface area contributed by atoms with Gasteiger partial charge in [0, 0.05) is 35.0 Å². The maximum absolute atomic E-state index is 10.1. The van der Waals surface area contributed by atoms with Gasteiger partial charge in [-0.25, -0.2) is 0 Å². The molecule has 0 aliphatic rings. The van der Waals surface area contributed by atoms with Crippen molar-refractivity contribution in [3.63, 3.8) is 0 Å². The van der Waals surface area contributed by atoms with Crippen molar-refractivity contribution in [3.05, 3.63) is 0 Å². The van der Waals surface area contributed by atoms with E-state index >= 15 is 0 Å². The molecule has 0 saturated carbocycles. The predicted octanol–water partition coefficient (Wildman–Crippen LogP) is -0.445. The summed E-state index contributed by atoms with van der Waals surface area (Å²) in [5.74, 6) is -4.29. The molecule has 4 nitrogen and oxygen atoms in total. The Hall–Kier alpha value is -0.0600. The smallest absolute Gasteiger partial charge is 0.303 e. The summed E-state index contributed by atoms with van der Waals surface area (Å²) >= 11 is 0. The van der Waals surface area contributed by atoms with Crippen LogP contribution in [0.1, 0.15) is 18.2 Å². The Balaban J connectivity index is 0. The molecule has 0 aromatic heterocycles. The van der Waals surface area contributed by atoms with E-state index in [0.29, 0.717) is 0 Å². The number of carboxylic acids is 2. The maximum atomic E-state index is 10.1. The van der Waals surface area contributed by atoms with Crippen molar-refractivity contribution < 1.29 is 25.3 Å². The molecule has 0 aromatic rings. The quantitative estimate of drug-likeness (QED) is 0.527. The molecule has 0 aliphatic carbocycles. The summed E-state index contributed by atoms with van der Waals surface area (Å²) in [4.78, 5) is 20.2. The summed E-state index contributed by atoms with van der Waals surface area (Å²) in [6.07, 6.45) is -6.86. The van der Waals surface area contributed by atoms with Crippen molar-refractivity contribution in [2.45, 2.75) is 12.7 Å². The van der Waals surface area contributed by atoms with E-state index in [1.165, 1.54) is 0 Å². The van der Waals surface area contributed by atoms with Crippen molar-refractivity contribution in [1.82, 2.24) is 0 Å². The van der Waals surface area contributed by atoms with Gasteiger partial charge in [0.05, 0.1) is 12.7 Å². The van der Waals surface area contributed by atoms with Crippen LogP contribution in [-0.4, -0.2) is 51.7 Å². The van der Waals surface area contributed by atoms with Crippen molar-refractivity contribution in [2.75, 3.05) is 0 Å². The van der Waals surface area contributed by atoms with Crippen LogP contribution in [0.25, 0.3) is 0 Å². The van der Waals surface area contributed by atoms with Gasteiger partial charge >= 0.3 is 11.9 Å². The number of carboxylic acid groups (broad SMARTS) is 2. The SMILES string of the molecule is [2H]C([2H])(C(=O)O)C([2H])([2H])C(=O)O.[Na]. The molecule has 0 heterocycles. The van der Waals surface area contributed by atoms with Crippen molar-refractivity contribution in [3.8, 4) is 0 Å². The van der Waals surface area contributed by atoms with Crippen molar-refractivity contribution >= 4 is 41.5 Å².